The summed E-state index contributed by atoms with van der Waals surface area (Å²) in [6.45, 7) is 1.94. The number of hydrogen-bond donors (Lipinski definition) is 2. The molecule has 0 spiro atoms. The van der Waals surface area contributed by atoms with Crippen LogP contribution in [0.1, 0.15) is 18.5 Å². The molecule has 116 valence electrons. The number of carbonyl (C=O) groups is 1. The Balaban J connectivity index is 1.61. The molecule has 23 heavy (non-hydrogen) atoms. The van der Waals surface area contributed by atoms with Gasteiger partial charge in [0.25, 0.3) is 0 Å². The van der Waals surface area contributed by atoms with Crippen molar-refractivity contribution in [1.29, 1.82) is 0 Å². The number of anilines is 1. The highest BCUT2D eigenvalue weighted by Gasteiger charge is 2.09. The molecule has 2 amide bonds. The minimum atomic E-state index is -0.232. The molecule has 0 radical (unpaired) electrons. The number of hydrogen-bond acceptors (Lipinski definition) is 3. The van der Waals surface area contributed by atoms with Crippen LogP contribution >= 0.6 is 0 Å². The van der Waals surface area contributed by atoms with Gasteiger partial charge in [0, 0.05) is 5.69 Å². The second-order valence-corrected chi connectivity index (χ2v) is 5.12. The van der Waals surface area contributed by atoms with Gasteiger partial charge in [0.1, 0.15) is 12.7 Å². The van der Waals surface area contributed by atoms with Gasteiger partial charge < -0.3 is 10.6 Å². The van der Waals surface area contributed by atoms with E-state index in [0.717, 1.165) is 16.9 Å². The van der Waals surface area contributed by atoms with Crippen molar-refractivity contribution >= 4 is 11.7 Å². The van der Waals surface area contributed by atoms with Crippen molar-refractivity contribution in [3.8, 4) is 5.69 Å². The molecule has 1 heterocycles. The van der Waals surface area contributed by atoms with Gasteiger partial charge in [-0.05, 0) is 36.8 Å². The topological polar surface area (TPSA) is 71.8 Å². The first-order chi connectivity index (χ1) is 11.2. The monoisotopic (exact) mass is 307 g/mol. The largest absolute Gasteiger partial charge is 0.331 e. The molecule has 0 aliphatic rings. The van der Waals surface area contributed by atoms with Crippen molar-refractivity contribution in [1.82, 2.24) is 20.1 Å². The lowest BCUT2D eigenvalue weighted by molar-refractivity contribution is 0.249. The van der Waals surface area contributed by atoms with E-state index in [-0.39, 0.29) is 12.1 Å². The molecule has 0 bridgehead atoms. The second-order valence-electron chi connectivity index (χ2n) is 5.12. The van der Waals surface area contributed by atoms with Crippen LogP contribution in [0.4, 0.5) is 10.5 Å². The first kappa shape index (κ1) is 14.8. The third-order valence-corrected chi connectivity index (χ3v) is 3.46. The normalized spacial score (nSPS) is 11.7. The zero-order valence-corrected chi connectivity index (χ0v) is 12.7. The van der Waals surface area contributed by atoms with Gasteiger partial charge in [0.2, 0.25) is 0 Å². The number of urea groups is 1. The number of carbonyl (C=O) groups excluding carboxylic acids is 1. The quantitative estimate of drug-likeness (QED) is 0.777. The van der Waals surface area contributed by atoms with Crippen molar-refractivity contribution < 1.29 is 4.79 Å². The van der Waals surface area contributed by atoms with Gasteiger partial charge in [-0.15, -0.1) is 0 Å². The first-order valence-electron chi connectivity index (χ1n) is 7.30. The van der Waals surface area contributed by atoms with Gasteiger partial charge in [-0.25, -0.2) is 14.5 Å². The number of nitrogens with one attached hydrogen (secondary N) is 2. The van der Waals surface area contributed by atoms with Crippen molar-refractivity contribution in [3.63, 3.8) is 0 Å². The summed E-state index contributed by atoms with van der Waals surface area (Å²) in [6.07, 6.45) is 3.13. The average Bonchev–Trinajstić information content (AvgIpc) is 3.10. The number of benzene rings is 2. The van der Waals surface area contributed by atoms with Gasteiger partial charge in [0.05, 0.1) is 11.7 Å². The van der Waals surface area contributed by atoms with Crippen molar-refractivity contribution in [2.24, 2.45) is 0 Å². The van der Waals surface area contributed by atoms with E-state index in [9.17, 15) is 4.79 Å². The van der Waals surface area contributed by atoms with Crippen LogP contribution < -0.4 is 10.6 Å². The molecule has 6 heteroatoms. The number of amides is 2. The van der Waals surface area contributed by atoms with E-state index in [1.54, 1.807) is 11.0 Å². The molecule has 2 N–H and O–H groups in total. The minimum Gasteiger partial charge on any atom is -0.331 e. The standard InChI is InChI=1S/C17H17N5O/c1-13(20-17(23)21-15-5-3-2-4-6-15)14-7-9-16(10-8-14)22-12-18-11-19-22/h2-13H,1H3,(H2,20,21,23). The third-order valence-electron chi connectivity index (χ3n) is 3.46. The lowest BCUT2D eigenvalue weighted by Gasteiger charge is -2.15. The molecule has 3 rings (SSSR count). The van der Waals surface area contributed by atoms with Crippen LogP contribution in [0.15, 0.2) is 67.3 Å². The number of para-hydroxylation sites is 1. The van der Waals surface area contributed by atoms with Crippen LogP contribution in [-0.2, 0) is 0 Å². The highest BCUT2D eigenvalue weighted by Crippen LogP contribution is 2.15. The molecular formula is C17H17N5O. The van der Waals surface area contributed by atoms with Crippen LogP contribution in [0.2, 0.25) is 0 Å². The summed E-state index contributed by atoms with van der Waals surface area (Å²) in [5.74, 6) is 0. The zero-order chi connectivity index (χ0) is 16.1. The van der Waals surface area contributed by atoms with Crippen LogP contribution in [0.3, 0.4) is 0 Å². The summed E-state index contributed by atoms with van der Waals surface area (Å²) in [6, 6.07) is 16.8. The molecule has 1 atom stereocenters. The van der Waals surface area contributed by atoms with E-state index in [4.69, 9.17) is 0 Å². The van der Waals surface area contributed by atoms with Crippen molar-refractivity contribution in [2.75, 3.05) is 5.32 Å². The summed E-state index contributed by atoms with van der Waals surface area (Å²) in [5, 5.41) is 9.80. The summed E-state index contributed by atoms with van der Waals surface area (Å²) >= 11 is 0. The fraction of sp³-hybridized carbons (Fsp3) is 0.118. The second kappa shape index (κ2) is 6.74. The highest BCUT2D eigenvalue weighted by atomic mass is 16.2. The Bertz CT molecular complexity index is 753. The van der Waals surface area contributed by atoms with Gasteiger partial charge in [-0.3, -0.25) is 0 Å². The summed E-state index contributed by atoms with van der Waals surface area (Å²) in [5.41, 5.74) is 2.70. The maximum Gasteiger partial charge on any atom is 0.319 e. The maximum absolute atomic E-state index is 12.0. The number of nitrogens with zero attached hydrogens (tertiary/aromatic N) is 3. The molecule has 1 unspecified atom stereocenters. The van der Waals surface area contributed by atoms with Gasteiger partial charge in [-0.1, -0.05) is 30.3 Å². The highest BCUT2D eigenvalue weighted by molar-refractivity contribution is 5.89. The average molecular weight is 307 g/mol. The molecule has 3 aromatic rings. The van der Waals surface area contributed by atoms with E-state index < -0.39 is 0 Å². The predicted octanol–water partition coefficient (Wildman–Crippen LogP) is 3.15. The molecule has 2 aromatic carbocycles. The Kier molecular flexibility index (Phi) is 4.33. The molecule has 0 saturated heterocycles. The first-order valence-corrected chi connectivity index (χ1v) is 7.30. The Labute approximate surface area is 134 Å². The van der Waals surface area contributed by atoms with Crippen LogP contribution in [0.5, 0.6) is 0 Å². The third kappa shape index (κ3) is 3.74. The minimum absolute atomic E-state index is 0.108. The van der Waals surface area contributed by atoms with Crippen LogP contribution in [0, 0.1) is 0 Å². The van der Waals surface area contributed by atoms with Crippen molar-refractivity contribution in [3.05, 3.63) is 72.8 Å². The molecule has 0 fully saturated rings. The number of aromatic nitrogens is 3. The van der Waals surface area contributed by atoms with Gasteiger partial charge in [0.15, 0.2) is 0 Å². The zero-order valence-electron chi connectivity index (χ0n) is 12.7. The van der Waals surface area contributed by atoms with Crippen molar-refractivity contribution in [2.45, 2.75) is 13.0 Å². The summed E-state index contributed by atoms with van der Waals surface area (Å²) in [7, 11) is 0. The van der Waals surface area contributed by atoms with E-state index in [1.165, 1.54) is 6.33 Å². The SMILES string of the molecule is CC(NC(=O)Nc1ccccc1)c1ccc(-n2cncn2)cc1. The van der Waals surface area contributed by atoms with Crippen LogP contribution in [-0.4, -0.2) is 20.8 Å². The van der Waals surface area contributed by atoms with Gasteiger partial charge >= 0.3 is 6.03 Å². The Morgan fingerprint density at radius 1 is 1.09 bits per heavy atom. The van der Waals surface area contributed by atoms with E-state index in [1.807, 2.05) is 61.5 Å². The fourth-order valence-electron chi connectivity index (χ4n) is 2.23. The lowest BCUT2D eigenvalue weighted by Crippen LogP contribution is -2.31. The summed E-state index contributed by atoms with van der Waals surface area (Å²) in [4.78, 5) is 15.9. The predicted molar refractivity (Wildman–Crippen MR) is 88.4 cm³/mol. The Morgan fingerprint density at radius 3 is 2.48 bits per heavy atom. The van der Waals surface area contributed by atoms with Gasteiger partial charge in [-0.2, -0.15) is 5.10 Å². The molecule has 0 saturated carbocycles. The molecule has 6 nitrogen and oxygen atoms in total. The molecular weight excluding hydrogens is 290 g/mol. The van der Waals surface area contributed by atoms with E-state index in [0.29, 0.717) is 0 Å². The molecule has 0 aliphatic heterocycles. The fourth-order valence-corrected chi connectivity index (χ4v) is 2.23. The lowest BCUT2D eigenvalue weighted by atomic mass is 10.1. The smallest absolute Gasteiger partial charge is 0.319 e. The maximum atomic E-state index is 12.0. The summed E-state index contributed by atoms with van der Waals surface area (Å²) < 4.78 is 1.68. The molecule has 1 aromatic heterocycles. The molecule has 0 aliphatic carbocycles. The number of rotatable bonds is 4. The Morgan fingerprint density at radius 2 is 1.83 bits per heavy atom. The van der Waals surface area contributed by atoms with E-state index >= 15 is 0 Å². The Hall–Kier alpha value is -3.15. The van der Waals surface area contributed by atoms with E-state index in [2.05, 4.69) is 20.7 Å². The van der Waals surface area contributed by atoms with Crippen LogP contribution in [0.25, 0.3) is 5.69 Å².